The molecule has 0 aliphatic carbocycles. The van der Waals surface area contributed by atoms with Crippen molar-refractivity contribution >= 4 is 5.91 Å². The van der Waals surface area contributed by atoms with E-state index in [4.69, 9.17) is 5.11 Å². The smallest absolute Gasteiger partial charge is 0.238 e. The highest BCUT2D eigenvalue weighted by atomic mass is 16.3. The number of aliphatic hydroxyl groups is 1. The Balaban J connectivity index is 2.62. The summed E-state index contributed by atoms with van der Waals surface area (Å²) in [5.74, 6) is 0.174. The number of rotatable bonds is 3. The van der Waals surface area contributed by atoms with Gasteiger partial charge >= 0.3 is 0 Å². The fourth-order valence-corrected chi connectivity index (χ4v) is 1.75. The largest absolute Gasteiger partial charge is 0.396 e. The van der Waals surface area contributed by atoms with Gasteiger partial charge in [0.15, 0.2) is 0 Å². The second-order valence-corrected chi connectivity index (χ2v) is 4.64. The van der Waals surface area contributed by atoms with Crippen LogP contribution >= 0.6 is 0 Å². The van der Waals surface area contributed by atoms with E-state index in [1.165, 1.54) is 0 Å². The molecule has 0 aromatic heterocycles. The lowest BCUT2D eigenvalue weighted by Crippen LogP contribution is -2.50. The van der Waals surface area contributed by atoms with E-state index in [2.05, 4.69) is 25.8 Å². The van der Waals surface area contributed by atoms with Gasteiger partial charge in [0, 0.05) is 31.7 Å². The Morgan fingerprint density at radius 1 is 1.43 bits per heavy atom. The van der Waals surface area contributed by atoms with Gasteiger partial charge in [-0.2, -0.15) is 0 Å². The maximum absolute atomic E-state index is 11.5. The summed E-state index contributed by atoms with van der Waals surface area (Å²) in [4.78, 5) is 11.5. The Morgan fingerprint density at radius 3 is 2.57 bits per heavy atom. The van der Waals surface area contributed by atoms with E-state index in [9.17, 15) is 4.79 Å². The lowest BCUT2D eigenvalue weighted by Gasteiger charge is -2.38. The van der Waals surface area contributed by atoms with E-state index in [-0.39, 0.29) is 18.1 Å². The van der Waals surface area contributed by atoms with Crippen LogP contribution in [0.15, 0.2) is 0 Å². The first kappa shape index (κ1) is 11.5. The lowest BCUT2D eigenvalue weighted by molar-refractivity contribution is -0.144. The highest BCUT2D eigenvalue weighted by molar-refractivity contribution is 5.77. The third-order valence-corrected chi connectivity index (χ3v) is 2.42. The van der Waals surface area contributed by atoms with Crippen molar-refractivity contribution in [1.29, 1.82) is 0 Å². The topological polar surface area (TPSA) is 43.8 Å². The molecular weight excluding hydrogens is 180 g/mol. The summed E-state index contributed by atoms with van der Waals surface area (Å²) in [7, 11) is 0. The summed E-state index contributed by atoms with van der Waals surface area (Å²) in [5.41, 5.74) is -0.0123. The van der Waals surface area contributed by atoms with Gasteiger partial charge in [-0.15, -0.1) is 0 Å². The highest BCUT2D eigenvalue weighted by Gasteiger charge is 2.35. The summed E-state index contributed by atoms with van der Waals surface area (Å²) in [6.07, 6.45) is 1.25. The molecule has 0 unspecified atom stereocenters. The molecule has 0 spiro atoms. The minimum Gasteiger partial charge on any atom is -0.396 e. The van der Waals surface area contributed by atoms with Crippen molar-refractivity contribution in [1.82, 2.24) is 10.0 Å². The predicted octanol–water partition coefficient (Wildman–Crippen LogP) is 0.617. The van der Waals surface area contributed by atoms with Crippen LogP contribution in [-0.4, -0.2) is 46.3 Å². The molecule has 1 aliphatic heterocycles. The predicted molar refractivity (Wildman–Crippen MR) is 54.5 cm³/mol. The third-order valence-electron chi connectivity index (χ3n) is 2.42. The maximum Gasteiger partial charge on any atom is 0.238 e. The van der Waals surface area contributed by atoms with Gasteiger partial charge in [-0.3, -0.25) is 9.80 Å². The van der Waals surface area contributed by atoms with Gasteiger partial charge in [-0.1, -0.05) is 0 Å². The molecule has 1 heterocycles. The van der Waals surface area contributed by atoms with E-state index >= 15 is 0 Å². The quantitative estimate of drug-likeness (QED) is 0.726. The molecule has 14 heavy (non-hydrogen) atoms. The molecular formula is C10H20N2O2. The molecule has 1 amide bonds. The normalized spacial score (nSPS) is 19.4. The summed E-state index contributed by atoms with van der Waals surface area (Å²) in [6.45, 7) is 7.86. The van der Waals surface area contributed by atoms with Gasteiger partial charge < -0.3 is 5.11 Å². The summed E-state index contributed by atoms with van der Waals surface area (Å²) in [5, 5.41) is 12.6. The van der Waals surface area contributed by atoms with Gasteiger partial charge in [0.05, 0.1) is 0 Å². The molecule has 4 heteroatoms. The van der Waals surface area contributed by atoms with Crippen LogP contribution in [-0.2, 0) is 4.79 Å². The van der Waals surface area contributed by atoms with Crippen molar-refractivity contribution in [3.8, 4) is 0 Å². The van der Waals surface area contributed by atoms with Crippen LogP contribution in [0, 0.1) is 0 Å². The first-order valence-electron chi connectivity index (χ1n) is 5.15. The Morgan fingerprint density at radius 2 is 2.07 bits per heavy atom. The van der Waals surface area contributed by atoms with Crippen molar-refractivity contribution < 1.29 is 9.90 Å². The Hall–Kier alpha value is -0.610. The summed E-state index contributed by atoms with van der Waals surface area (Å²) < 4.78 is 0. The fourth-order valence-electron chi connectivity index (χ4n) is 1.75. The lowest BCUT2D eigenvalue weighted by atomic mass is 10.1. The SMILES string of the molecule is CC(C)(C)N1CCC(=O)N1CCCO. The number of hydrogen-bond donors (Lipinski definition) is 1. The molecule has 0 radical (unpaired) electrons. The van der Waals surface area contributed by atoms with Crippen LogP contribution in [0.2, 0.25) is 0 Å². The number of carbonyl (C=O) groups is 1. The van der Waals surface area contributed by atoms with Crippen molar-refractivity contribution in [3.63, 3.8) is 0 Å². The molecule has 0 aromatic carbocycles. The van der Waals surface area contributed by atoms with Crippen molar-refractivity contribution in [2.75, 3.05) is 19.7 Å². The monoisotopic (exact) mass is 200 g/mol. The number of amides is 1. The fraction of sp³-hybridized carbons (Fsp3) is 0.900. The number of carbonyl (C=O) groups excluding carboxylic acids is 1. The molecule has 0 atom stereocenters. The van der Waals surface area contributed by atoms with Gasteiger partial charge in [0.1, 0.15) is 0 Å². The molecule has 1 rings (SSSR count). The minimum absolute atomic E-state index is 0.0123. The number of hydrazine groups is 1. The van der Waals surface area contributed by atoms with Gasteiger partial charge in [-0.25, -0.2) is 5.01 Å². The molecule has 4 nitrogen and oxygen atoms in total. The van der Waals surface area contributed by atoms with E-state index in [0.29, 0.717) is 19.4 Å². The molecule has 0 saturated carbocycles. The molecule has 0 aromatic rings. The zero-order chi connectivity index (χ0) is 10.8. The molecule has 1 N–H and O–H groups in total. The van der Waals surface area contributed by atoms with Crippen LogP contribution in [0.5, 0.6) is 0 Å². The van der Waals surface area contributed by atoms with Gasteiger partial charge in [-0.05, 0) is 27.2 Å². The molecule has 1 fully saturated rings. The first-order valence-corrected chi connectivity index (χ1v) is 5.15. The van der Waals surface area contributed by atoms with Crippen LogP contribution in [0.1, 0.15) is 33.6 Å². The number of aliphatic hydroxyl groups excluding tert-OH is 1. The zero-order valence-corrected chi connectivity index (χ0v) is 9.29. The Kier molecular flexibility index (Phi) is 3.50. The van der Waals surface area contributed by atoms with Gasteiger partial charge in [0.25, 0.3) is 0 Å². The minimum atomic E-state index is -0.0123. The molecule has 0 bridgehead atoms. The van der Waals surface area contributed by atoms with E-state index in [0.717, 1.165) is 6.54 Å². The van der Waals surface area contributed by atoms with Crippen molar-refractivity contribution in [3.05, 3.63) is 0 Å². The second-order valence-electron chi connectivity index (χ2n) is 4.64. The van der Waals surface area contributed by atoms with Crippen LogP contribution in [0.4, 0.5) is 0 Å². The number of hydrogen-bond acceptors (Lipinski definition) is 3. The molecule has 1 aliphatic rings. The van der Waals surface area contributed by atoms with Crippen LogP contribution < -0.4 is 0 Å². The second kappa shape index (κ2) is 4.28. The molecule has 82 valence electrons. The van der Waals surface area contributed by atoms with E-state index in [1.54, 1.807) is 5.01 Å². The summed E-state index contributed by atoms with van der Waals surface area (Å²) in [6, 6.07) is 0. The average Bonchev–Trinajstić information content (AvgIpc) is 2.42. The van der Waals surface area contributed by atoms with Crippen LogP contribution in [0.3, 0.4) is 0 Å². The summed E-state index contributed by atoms with van der Waals surface area (Å²) >= 11 is 0. The third kappa shape index (κ3) is 2.45. The standard InChI is InChI=1S/C10H20N2O2/c1-10(2,3)12-7-5-9(14)11(12)6-4-8-13/h13H,4-8H2,1-3H3. The van der Waals surface area contributed by atoms with E-state index in [1.807, 2.05) is 0 Å². The number of nitrogens with zero attached hydrogens (tertiary/aromatic N) is 2. The van der Waals surface area contributed by atoms with Crippen molar-refractivity contribution in [2.24, 2.45) is 0 Å². The Bertz CT molecular complexity index is 211. The Labute approximate surface area is 85.5 Å². The van der Waals surface area contributed by atoms with Gasteiger partial charge in [0.2, 0.25) is 5.91 Å². The maximum atomic E-state index is 11.5. The molecule has 1 saturated heterocycles. The average molecular weight is 200 g/mol. The van der Waals surface area contributed by atoms with Crippen molar-refractivity contribution in [2.45, 2.75) is 39.2 Å². The highest BCUT2D eigenvalue weighted by Crippen LogP contribution is 2.22. The van der Waals surface area contributed by atoms with Crippen LogP contribution in [0.25, 0.3) is 0 Å². The van der Waals surface area contributed by atoms with E-state index < -0.39 is 0 Å². The first-order chi connectivity index (χ1) is 6.46. The zero-order valence-electron chi connectivity index (χ0n) is 9.29.